The summed E-state index contributed by atoms with van der Waals surface area (Å²) in [5.74, 6) is -1.39. The van der Waals surface area contributed by atoms with Gasteiger partial charge in [0.05, 0.1) is 5.56 Å². The van der Waals surface area contributed by atoms with Gasteiger partial charge in [-0.1, -0.05) is 13.0 Å². The minimum absolute atomic E-state index is 0.0580. The van der Waals surface area contributed by atoms with Crippen LogP contribution in [0.25, 0.3) is 0 Å². The molecule has 1 atom stereocenters. The average molecular weight is 235 g/mol. The molecule has 5 heteroatoms. The molecule has 90 valence electrons. The zero-order valence-corrected chi connectivity index (χ0v) is 9.38. The summed E-state index contributed by atoms with van der Waals surface area (Å²) in [6.45, 7) is 2.36. The summed E-state index contributed by atoms with van der Waals surface area (Å²) in [4.78, 5) is 24.1. The van der Waals surface area contributed by atoms with Crippen molar-refractivity contribution in [2.24, 2.45) is 0 Å². The second kappa shape index (κ2) is 4.18. The van der Waals surface area contributed by atoms with E-state index in [0.29, 0.717) is 12.1 Å². The topological polar surface area (TPSA) is 77.8 Å². The maximum Gasteiger partial charge on any atom is 0.335 e. The van der Waals surface area contributed by atoms with Gasteiger partial charge >= 0.3 is 5.97 Å². The lowest BCUT2D eigenvalue weighted by molar-refractivity contribution is 0.0177. The van der Waals surface area contributed by atoms with Crippen LogP contribution in [-0.2, 0) is 0 Å². The number of aliphatic hydroxyl groups is 1. The van der Waals surface area contributed by atoms with E-state index in [1.807, 2.05) is 6.92 Å². The number of carboxylic acids is 1. The smallest absolute Gasteiger partial charge is 0.335 e. The van der Waals surface area contributed by atoms with Crippen LogP contribution in [0.5, 0.6) is 0 Å². The maximum absolute atomic E-state index is 11.9. The SMILES string of the molecule is CCCN1C(=O)c2cc(C(=O)O)ccc2[C@H]1O. The van der Waals surface area contributed by atoms with E-state index in [4.69, 9.17) is 5.11 Å². The molecule has 1 heterocycles. The zero-order chi connectivity index (χ0) is 12.6. The molecule has 0 aromatic heterocycles. The number of hydrogen-bond donors (Lipinski definition) is 2. The summed E-state index contributed by atoms with van der Waals surface area (Å²) in [6.07, 6.45) is -0.219. The third kappa shape index (κ3) is 1.78. The molecule has 5 nitrogen and oxygen atoms in total. The van der Waals surface area contributed by atoms with Crippen LogP contribution in [-0.4, -0.2) is 33.5 Å². The van der Waals surface area contributed by atoms with E-state index in [1.54, 1.807) is 0 Å². The molecule has 2 N–H and O–H groups in total. The van der Waals surface area contributed by atoms with Crippen molar-refractivity contribution < 1.29 is 19.8 Å². The molecule has 1 amide bonds. The maximum atomic E-state index is 11.9. The Morgan fingerprint density at radius 2 is 2.18 bits per heavy atom. The first-order valence-electron chi connectivity index (χ1n) is 5.42. The van der Waals surface area contributed by atoms with Crippen LogP contribution in [0, 0.1) is 0 Å². The fourth-order valence-electron chi connectivity index (χ4n) is 2.00. The van der Waals surface area contributed by atoms with Gasteiger partial charge in [-0.3, -0.25) is 4.79 Å². The number of aromatic carboxylic acids is 1. The van der Waals surface area contributed by atoms with Crippen molar-refractivity contribution in [3.8, 4) is 0 Å². The van der Waals surface area contributed by atoms with Crippen LogP contribution in [0.1, 0.15) is 45.9 Å². The van der Waals surface area contributed by atoms with Crippen molar-refractivity contribution in [3.05, 3.63) is 34.9 Å². The van der Waals surface area contributed by atoms with Gasteiger partial charge < -0.3 is 15.1 Å². The number of benzene rings is 1. The van der Waals surface area contributed by atoms with Crippen molar-refractivity contribution in [2.75, 3.05) is 6.54 Å². The van der Waals surface area contributed by atoms with Gasteiger partial charge in [0, 0.05) is 17.7 Å². The summed E-state index contributed by atoms with van der Waals surface area (Å²) in [7, 11) is 0. The number of carboxylic acid groups (broad SMARTS) is 1. The first-order chi connectivity index (χ1) is 8.06. The molecule has 0 radical (unpaired) electrons. The predicted octanol–water partition coefficient (Wildman–Crippen LogP) is 1.24. The lowest BCUT2D eigenvalue weighted by Crippen LogP contribution is -2.28. The molecule has 1 aliphatic rings. The van der Waals surface area contributed by atoms with E-state index in [9.17, 15) is 14.7 Å². The third-order valence-corrected chi connectivity index (χ3v) is 2.83. The summed E-state index contributed by atoms with van der Waals surface area (Å²) >= 11 is 0. The summed E-state index contributed by atoms with van der Waals surface area (Å²) < 4.78 is 0. The fourth-order valence-corrected chi connectivity index (χ4v) is 2.00. The highest BCUT2D eigenvalue weighted by Gasteiger charge is 2.35. The summed E-state index contributed by atoms with van der Waals surface area (Å²) in [5, 5.41) is 18.8. The Bertz CT molecular complexity index is 483. The zero-order valence-electron chi connectivity index (χ0n) is 9.38. The molecular weight excluding hydrogens is 222 g/mol. The lowest BCUT2D eigenvalue weighted by Gasteiger charge is -2.19. The normalized spacial score (nSPS) is 18.4. The van der Waals surface area contributed by atoms with Crippen LogP contribution in [0.2, 0.25) is 0 Å². The lowest BCUT2D eigenvalue weighted by atomic mass is 10.1. The van der Waals surface area contributed by atoms with E-state index in [0.717, 1.165) is 6.42 Å². The molecule has 1 aromatic rings. The standard InChI is InChI=1S/C12H13NO4/c1-2-5-13-10(14)8-4-3-7(12(16)17)6-9(8)11(13)15/h3-4,6,10,14H,2,5H2,1H3,(H,16,17)/t10-/m1/s1. The number of hydrogen-bond acceptors (Lipinski definition) is 3. The average Bonchev–Trinajstić information content (AvgIpc) is 2.54. The Morgan fingerprint density at radius 1 is 1.47 bits per heavy atom. The number of carbonyl (C=O) groups is 2. The van der Waals surface area contributed by atoms with Gasteiger partial charge in [-0.05, 0) is 18.6 Å². The Balaban J connectivity index is 2.43. The van der Waals surface area contributed by atoms with Crippen LogP contribution in [0.3, 0.4) is 0 Å². The molecule has 0 saturated carbocycles. The van der Waals surface area contributed by atoms with Crippen LogP contribution in [0.15, 0.2) is 18.2 Å². The number of amides is 1. The number of nitrogens with zero attached hydrogens (tertiary/aromatic N) is 1. The first kappa shape index (κ1) is 11.6. The molecule has 0 saturated heterocycles. The van der Waals surface area contributed by atoms with Crippen LogP contribution < -0.4 is 0 Å². The Kier molecular flexibility index (Phi) is 2.85. The summed E-state index contributed by atoms with van der Waals surface area (Å²) in [5.41, 5.74) is 0.821. The molecule has 2 rings (SSSR count). The Morgan fingerprint density at radius 3 is 2.76 bits per heavy atom. The molecule has 0 fully saturated rings. The number of fused-ring (bicyclic) bond motifs is 1. The van der Waals surface area contributed by atoms with Crippen molar-refractivity contribution in [1.29, 1.82) is 0 Å². The van der Waals surface area contributed by atoms with Crippen LogP contribution >= 0.6 is 0 Å². The van der Waals surface area contributed by atoms with E-state index >= 15 is 0 Å². The Hall–Kier alpha value is -1.88. The van der Waals surface area contributed by atoms with Gasteiger partial charge in [-0.15, -0.1) is 0 Å². The van der Waals surface area contributed by atoms with Crippen molar-refractivity contribution in [1.82, 2.24) is 4.90 Å². The van der Waals surface area contributed by atoms with Gasteiger partial charge in [0.15, 0.2) is 6.23 Å². The molecule has 1 aliphatic heterocycles. The first-order valence-corrected chi connectivity index (χ1v) is 5.42. The van der Waals surface area contributed by atoms with Crippen molar-refractivity contribution in [2.45, 2.75) is 19.6 Å². The van der Waals surface area contributed by atoms with Crippen molar-refractivity contribution in [3.63, 3.8) is 0 Å². The highest BCUT2D eigenvalue weighted by atomic mass is 16.4. The van der Waals surface area contributed by atoms with Gasteiger partial charge in [-0.2, -0.15) is 0 Å². The molecule has 0 spiro atoms. The number of carbonyl (C=O) groups excluding carboxylic acids is 1. The third-order valence-electron chi connectivity index (χ3n) is 2.83. The molecule has 0 unspecified atom stereocenters. The van der Waals surface area contributed by atoms with E-state index in [2.05, 4.69) is 0 Å². The highest BCUT2D eigenvalue weighted by molar-refractivity contribution is 6.01. The van der Waals surface area contributed by atoms with E-state index < -0.39 is 12.2 Å². The van der Waals surface area contributed by atoms with Crippen molar-refractivity contribution >= 4 is 11.9 Å². The quantitative estimate of drug-likeness (QED) is 0.826. The van der Waals surface area contributed by atoms with Gasteiger partial charge in [-0.25, -0.2) is 4.79 Å². The second-order valence-corrected chi connectivity index (χ2v) is 3.98. The monoisotopic (exact) mass is 235 g/mol. The second-order valence-electron chi connectivity index (χ2n) is 3.98. The minimum Gasteiger partial charge on any atom is -0.478 e. The van der Waals surface area contributed by atoms with E-state index in [-0.39, 0.29) is 17.0 Å². The number of aliphatic hydroxyl groups excluding tert-OH is 1. The predicted molar refractivity (Wildman–Crippen MR) is 59.7 cm³/mol. The van der Waals surface area contributed by atoms with Gasteiger partial charge in [0.25, 0.3) is 5.91 Å². The van der Waals surface area contributed by atoms with Gasteiger partial charge in [0.1, 0.15) is 0 Å². The molecule has 1 aromatic carbocycles. The summed E-state index contributed by atoms with van der Waals surface area (Å²) in [6, 6.07) is 4.21. The number of rotatable bonds is 3. The van der Waals surface area contributed by atoms with E-state index in [1.165, 1.54) is 23.1 Å². The van der Waals surface area contributed by atoms with Crippen LogP contribution in [0.4, 0.5) is 0 Å². The molecule has 17 heavy (non-hydrogen) atoms. The highest BCUT2D eigenvalue weighted by Crippen LogP contribution is 2.32. The molecule has 0 bridgehead atoms. The Labute approximate surface area is 98.3 Å². The molecule has 0 aliphatic carbocycles. The van der Waals surface area contributed by atoms with Gasteiger partial charge in [0.2, 0.25) is 0 Å². The largest absolute Gasteiger partial charge is 0.478 e. The fraction of sp³-hybridized carbons (Fsp3) is 0.333. The minimum atomic E-state index is -1.08. The molecular formula is C12H13NO4.